The molecule has 1 aromatic carbocycles. The third-order valence-electron chi connectivity index (χ3n) is 3.68. The van der Waals surface area contributed by atoms with E-state index in [1.807, 2.05) is 12.1 Å². The normalized spacial score (nSPS) is 14.0. The Kier molecular flexibility index (Phi) is 4.93. The van der Waals surface area contributed by atoms with Gasteiger partial charge in [0, 0.05) is 30.0 Å². The first kappa shape index (κ1) is 16.0. The first-order valence-electron chi connectivity index (χ1n) is 7.41. The molecule has 5 nitrogen and oxygen atoms in total. The van der Waals surface area contributed by atoms with Crippen LogP contribution < -0.4 is 5.32 Å². The fourth-order valence-corrected chi connectivity index (χ4v) is 3.30. The number of carbonyl (C=O) groups excluding carboxylic acids is 2. The predicted octanol–water partition coefficient (Wildman–Crippen LogP) is 2.96. The molecular weight excluding hydrogens is 334 g/mol. The van der Waals surface area contributed by atoms with Crippen LogP contribution in [-0.4, -0.2) is 34.8 Å². The minimum atomic E-state index is -0.281. The molecule has 0 spiro atoms. The molecule has 7 heteroatoms. The summed E-state index contributed by atoms with van der Waals surface area (Å²) in [5.74, 6) is -0.360. The maximum Gasteiger partial charge on any atom is 0.282 e. The first-order chi connectivity index (χ1) is 11.1. The van der Waals surface area contributed by atoms with Gasteiger partial charge in [0.1, 0.15) is 5.69 Å². The number of aromatic nitrogens is 1. The number of nitrogens with zero attached hydrogens (tertiary/aromatic N) is 2. The summed E-state index contributed by atoms with van der Waals surface area (Å²) in [6, 6.07) is 7.26. The van der Waals surface area contributed by atoms with Crippen molar-refractivity contribution in [3.63, 3.8) is 0 Å². The molecule has 0 unspecified atom stereocenters. The summed E-state index contributed by atoms with van der Waals surface area (Å²) in [5.41, 5.74) is 1.23. The molecule has 23 heavy (non-hydrogen) atoms. The highest BCUT2D eigenvalue weighted by atomic mass is 35.5. The van der Waals surface area contributed by atoms with E-state index in [4.69, 9.17) is 11.6 Å². The number of hydrogen-bond acceptors (Lipinski definition) is 4. The molecule has 1 aromatic heterocycles. The Morgan fingerprint density at radius 1 is 1.22 bits per heavy atom. The molecule has 0 aliphatic carbocycles. The lowest BCUT2D eigenvalue weighted by Crippen LogP contribution is -2.28. The number of benzene rings is 1. The molecule has 0 radical (unpaired) electrons. The molecule has 2 aromatic rings. The number of halogens is 1. The van der Waals surface area contributed by atoms with Crippen molar-refractivity contribution >= 4 is 34.8 Å². The number of amides is 2. The zero-order valence-corrected chi connectivity index (χ0v) is 14.0. The number of rotatable bonds is 4. The van der Waals surface area contributed by atoms with Crippen LogP contribution in [0.2, 0.25) is 5.02 Å². The molecule has 1 saturated heterocycles. The SMILES string of the molecule is O=C(NCc1ccc(Cl)cc1)c1csc(C(=O)N2CCCC2)n1. The lowest BCUT2D eigenvalue weighted by molar-refractivity contribution is 0.0792. The van der Waals surface area contributed by atoms with Gasteiger partial charge >= 0.3 is 0 Å². The molecule has 120 valence electrons. The highest BCUT2D eigenvalue weighted by Crippen LogP contribution is 2.16. The summed E-state index contributed by atoms with van der Waals surface area (Å²) in [5, 5.41) is 5.45. The minimum absolute atomic E-state index is 0.0794. The van der Waals surface area contributed by atoms with Crippen LogP contribution in [0.4, 0.5) is 0 Å². The molecule has 2 heterocycles. The third-order valence-corrected chi connectivity index (χ3v) is 4.76. The van der Waals surface area contributed by atoms with E-state index in [1.165, 1.54) is 11.3 Å². The molecule has 0 atom stereocenters. The number of nitrogens with one attached hydrogen (secondary N) is 1. The van der Waals surface area contributed by atoms with Gasteiger partial charge in [-0.15, -0.1) is 11.3 Å². The smallest absolute Gasteiger partial charge is 0.282 e. The van der Waals surface area contributed by atoms with Crippen LogP contribution in [-0.2, 0) is 6.54 Å². The van der Waals surface area contributed by atoms with Crippen LogP contribution in [0.15, 0.2) is 29.6 Å². The highest BCUT2D eigenvalue weighted by molar-refractivity contribution is 7.11. The van der Waals surface area contributed by atoms with Crippen molar-refractivity contribution in [3.8, 4) is 0 Å². The van der Waals surface area contributed by atoms with Gasteiger partial charge in [0.05, 0.1) is 0 Å². The van der Waals surface area contributed by atoms with E-state index in [9.17, 15) is 9.59 Å². The Morgan fingerprint density at radius 2 is 1.91 bits per heavy atom. The van der Waals surface area contributed by atoms with E-state index in [0.29, 0.717) is 16.6 Å². The van der Waals surface area contributed by atoms with Crippen LogP contribution >= 0.6 is 22.9 Å². The van der Waals surface area contributed by atoms with Gasteiger partial charge in [-0.25, -0.2) is 4.98 Å². The van der Waals surface area contributed by atoms with Gasteiger partial charge in [0.25, 0.3) is 11.8 Å². The van der Waals surface area contributed by atoms with E-state index in [-0.39, 0.29) is 17.5 Å². The van der Waals surface area contributed by atoms with Crippen LogP contribution in [0.25, 0.3) is 0 Å². The fraction of sp³-hybridized carbons (Fsp3) is 0.312. The molecule has 0 bridgehead atoms. The predicted molar refractivity (Wildman–Crippen MR) is 89.9 cm³/mol. The van der Waals surface area contributed by atoms with Crippen molar-refractivity contribution in [2.45, 2.75) is 19.4 Å². The molecule has 1 aliphatic heterocycles. The number of hydrogen-bond donors (Lipinski definition) is 1. The molecule has 0 saturated carbocycles. The van der Waals surface area contributed by atoms with Gasteiger partial charge in [-0.1, -0.05) is 23.7 Å². The van der Waals surface area contributed by atoms with E-state index in [2.05, 4.69) is 10.3 Å². The summed E-state index contributed by atoms with van der Waals surface area (Å²) in [7, 11) is 0. The Bertz CT molecular complexity index is 708. The molecule has 1 aliphatic rings. The second kappa shape index (κ2) is 7.10. The second-order valence-electron chi connectivity index (χ2n) is 5.35. The van der Waals surface area contributed by atoms with Crippen molar-refractivity contribution < 1.29 is 9.59 Å². The molecule has 2 amide bonds. The van der Waals surface area contributed by atoms with E-state index in [0.717, 1.165) is 31.5 Å². The fourth-order valence-electron chi connectivity index (χ4n) is 2.41. The zero-order chi connectivity index (χ0) is 16.2. The number of thiazole rings is 1. The first-order valence-corrected chi connectivity index (χ1v) is 8.67. The maximum absolute atomic E-state index is 12.2. The Morgan fingerprint density at radius 3 is 2.61 bits per heavy atom. The van der Waals surface area contributed by atoms with Crippen LogP contribution in [0.5, 0.6) is 0 Å². The van der Waals surface area contributed by atoms with Crippen molar-refractivity contribution in [1.29, 1.82) is 0 Å². The average Bonchev–Trinajstić information content (AvgIpc) is 3.25. The average molecular weight is 350 g/mol. The minimum Gasteiger partial charge on any atom is -0.347 e. The highest BCUT2D eigenvalue weighted by Gasteiger charge is 2.23. The summed E-state index contributed by atoms with van der Waals surface area (Å²) >= 11 is 7.04. The van der Waals surface area contributed by atoms with Gasteiger partial charge in [-0.3, -0.25) is 9.59 Å². The zero-order valence-electron chi connectivity index (χ0n) is 12.4. The van der Waals surface area contributed by atoms with E-state index in [1.54, 1.807) is 22.4 Å². The number of carbonyl (C=O) groups is 2. The van der Waals surface area contributed by atoms with Gasteiger partial charge in [0.2, 0.25) is 0 Å². The van der Waals surface area contributed by atoms with Crippen molar-refractivity contribution in [3.05, 3.63) is 50.9 Å². The second-order valence-corrected chi connectivity index (χ2v) is 6.64. The van der Waals surface area contributed by atoms with Gasteiger partial charge in [-0.05, 0) is 30.5 Å². The largest absolute Gasteiger partial charge is 0.347 e. The van der Waals surface area contributed by atoms with E-state index < -0.39 is 0 Å². The summed E-state index contributed by atoms with van der Waals surface area (Å²) in [6.45, 7) is 1.94. The Balaban J connectivity index is 1.59. The summed E-state index contributed by atoms with van der Waals surface area (Å²) < 4.78 is 0. The van der Waals surface area contributed by atoms with Crippen LogP contribution in [0, 0.1) is 0 Å². The quantitative estimate of drug-likeness (QED) is 0.923. The standard InChI is InChI=1S/C16H16ClN3O2S/c17-12-5-3-11(4-6-12)9-18-14(21)13-10-23-15(19-13)16(22)20-7-1-2-8-20/h3-6,10H,1-2,7-9H2,(H,18,21). The topological polar surface area (TPSA) is 62.3 Å². The van der Waals surface area contributed by atoms with Crippen molar-refractivity contribution in [1.82, 2.24) is 15.2 Å². The Labute approximate surface area is 143 Å². The summed E-state index contributed by atoms with van der Waals surface area (Å²) in [6.07, 6.45) is 2.07. The van der Waals surface area contributed by atoms with Gasteiger partial charge < -0.3 is 10.2 Å². The lowest BCUT2D eigenvalue weighted by atomic mass is 10.2. The molecule has 1 fully saturated rings. The van der Waals surface area contributed by atoms with Gasteiger partial charge in [0.15, 0.2) is 5.01 Å². The van der Waals surface area contributed by atoms with Gasteiger partial charge in [-0.2, -0.15) is 0 Å². The Hall–Kier alpha value is -1.92. The molecule has 3 rings (SSSR count). The molecular formula is C16H16ClN3O2S. The third kappa shape index (κ3) is 3.89. The van der Waals surface area contributed by atoms with Crippen molar-refractivity contribution in [2.75, 3.05) is 13.1 Å². The van der Waals surface area contributed by atoms with E-state index >= 15 is 0 Å². The van der Waals surface area contributed by atoms with Crippen molar-refractivity contribution in [2.24, 2.45) is 0 Å². The molecule has 1 N–H and O–H groups in total. The van der Waals surface area contributed by atoms with Crippen LogP contribution in [0.3, 0.4) is 0 Å². The lowest BCUT2D eigenvalue weighted by Gasteiger charge is -2.12. The maximum atomic E-state index is 12.2. The number of likely N-dealkylation sites (tertiary alicyclic amines) is 1. The monoisotopic (exact) mass is 349 g/mol. The van der Waals surface area contributed by atoms with Crippen LogP contribution in [0.1, 0.15) is 38.7 Å². The summed E-state index contributed by atoms with van der Waals surface area (Å²) in [4.78, 5) is 30.3.